The van der Waals surface area contributed by atoms with Gasteiger partial charge in [-0.3, -0.25) is 9.78 Å². The van der Waals surface area contributed by atoms with Crippen LogP contribution in [0.25, 0.3) is 10.9 Å². The monoisotopic (exact) mass is 439 g/mol. The molecule has 164 valence electrons. The maximum absolute atomic E-state index is 13.3. The molecule has 0 atom stereocenters. The van der Waals surface area contributed by atoms with Gasteiger partial charge in [0.15, 0.2) is 6.19 Å². The van der Waals surface area contributed by atoms with Crippen LogP contribution in [0.4, 0.5) is 18.9 Å². The molecule has 1 N–H and O–H groups in total. The first-order valence-electron chi connectivity index (χ1n) is 10.2. The summed E-state index contributed by atoms with van der Waals surface area (Å²) >= 11 is 0. The fourth-order valence-corrected chi connectivity index (χ4v) is 4.06. The number of aromatic nitrogens is 2. The van der Waals surface area contributed by atoms with Crippen molar-refractivity contribution in [1.29, 1.82) is 5.26 Å². The number of benzene rings is 1. The summed E-state index contributed by atoms with van der Waals surface area (Å²) in [6, 6.07) is 10.6. The molecule has 0 spiro atoms. The number of anilines is 1. The summed E-state index contributed by atoms with van der Waals surface area (Å²) in [4.78, 5) is 21.5. The van der Waals surface area contributed by atoms with Crippen molar-refractivity contribution in [3.05, 3.63) is 66.1 Å². The zero-order valence-electron chi connectivity index (χ0n) is 17.0. The van der Waals surface area contributed by atoms with Crippen LogP contribution in [0.3, 0.4) is 0 Å². The van der Waals surface area contributed by atoms with E-state index in [0.29, 0.717) is 42.3 Å². The Labute approximate surface area is 182 Å². The van der Waals surface area contributed by atoms with Gasteiger partial charge in [-0.05, 0) is 49.9 Å². The van der Waals surface area contributed by atoms with Crippen LogP contribution in [0.2, 0.25) is 0 Å². The van der Waals surface area contributed by atoms with Gasteiger partial charge in [0, 0.05) is 41.1 Å². The third-order valence-electron chi connectivity index (χ3n) is 5.68. The van der Waals surface area contributed by atoms with Crippen molar-refractivity contribution in [2.24, 2.45) is 0 Å². The first kappa shape index (κ1) is 21.6. The van der Waals surface area contributed by atoms with Crippen LogP contribution in [0.15, 0.2) is 54.9 Å². The molecule has 4 rings (SSSR count). The van der Waals surface area contributed by atoms with Crippen molar-refractivity contribution >= 4 is 22.5 Å². The standard InChI is InChI=1S/C23H20F3N5O/c24-23(25,26)21-13-20(18-3-1-2-4-19(18)30-21)29-16-5-7-17(8-6-16)31(14-27)22(32)15-9-11-28-12-10-15/h1-4,9-13,16-17H,5-8H2,(H,29,30). The van der Waals surface area contributed by atoms with Gasteiger partial charge in [-0.1, -0.05) is 18.2 Å². The molecule has 2 aromatic heterocycles. The summed E-state index contributed by atoms with van der Waals surface area (Å²) in [6.45, 7) is 0. The molecule has 1 saturated carbocycles. The van der Waals surface area contributed by atoms with Crippen LogP contribution in [-0.4, -0.2) is 32.9 Å². The number of nitriles is 1. The summed E-state index contributed by atoms with van der Waals surface area (Å²) in [5, 5.41) is 13.4. The molecule has 1 aliphatic rings. The Balaban J connectivity index is 1.48. The van der Waals surface area contributed by atoms with Crippen molar-refractivity contribution in [3.8, 4) is 6.19 Å². The highest BCUT2D eigenvalue weighted by molar-refractivity contribution is 5.95. The Bertz CT molecular complexity index is 1150. The minimum Gasteiger partial charge on any atom is -0.382 e. The van der Waals surface area contributed by atoms with Gasteiger partial charge in [0.05, 0.1) is 5.52 Å². The molecule has 6 nitrogen and oxygen atoms in total. The first-order chi connectivity index (χ1) is 15.4. The molecule has 0 aliphatic heterocycles. The van der Waals surface area contributed by atoms with Gasteiger partial charge in [-0.2, -0.15) is 18.4 Å². The van der Waals surface area contributed by atoms with E-state index in [2.05, 4.69) is 15.3 Å². The lowest BCUT2D eigenvalue weighted by Crippen LogP contribution is -2.41. The number of halogens is 3. The van der Waals surface area contributed by atoms with Crippen LogP contribution in [0, 0.1) is 11.5 Å². The highest BCUT2D eigenvalue weighted by atomic mass is 19.4. The van der Waals surface area contributed by atoms with Crippen molar-refractivity contribution < 1.29 is 18.0 Å². The van der Waals surface area contributed by atoms with Gasteiger partial charge in [0.1, 0.15) is 5.69 Å². The maximum Gasteiger partial charge on any atom is 0.433 e. The van der Waals surface area contributed by atoms with E-state index >= 15 is 0 Å². The molecule has 1 fully saturated rings. The number of fused-ring (bicyclic) bond motifs is 1. The fraction of sp³-hybridized carbons (Fsp3) is 0.304. The van der Waals surface area contributed by atoms with E-state index in [9.17, 15) is 23.2 Å². The molecule has 0 saturated heterocycles. The predicted molar refractivity (Wildman–Crippen MR) is 112 cm³/mol. The zero-order chi connectivity index (χ0) is 22.7. The van der Waals surface area contributed by atoms with E-state index in [4.69, 9.17) is 0 Å². The van der Waals surface area contributed by atoms with E-state index in [1.54, 1.807) is 36.4 Å². The van der Waals surface area contributed by atoms with Gasteiger partial charge in [0.25, 0.3) is 5.91 Å². The van der Waals surface area contributed by atoms with Crippen LogP contribution in [0.1, 0.15) is 41.7 Å². The van der Waals surface area contributed by atoms with Crippen molar-refractivity contribution in [1.82, 2.24) is 14.9 Å². The van der Waals surface area contributed by atoms with Crippen LogP contribution < -0.4 is 5.32 Å². The molecule has 32 heavy (non-hydrogen) atoms. The number of amides is 1. The Kier molecular flexibility index (Phi) is 5.95. The third-order valence-corrected chi connectivity index (χ3v) is 5.68. The Morgan fingerprint density at radius 3 is 2.44 bits per heavy atom. The second-order valence-corrected chi connectivity index (χ2v) is 7.73. The number of pyridine rings is 2. The van der Waals surface area contributed by atoms with E-state index in [1.807, 2.05) is 6.19 Å². The fourth-order valence-electron chi connectivity index (χ4n) is 4.06. The minimum absolute atomic E-state index is 0.0743. The maximum atomic E-state index is 13.3. The SMILES string of the molecule is N#CN(C(=O)c1ccncc1)C1CCC(Nc2cc(C(F)(F)F)nc3ccccc23)CC1. The number of carbonyl (C=O) groups excluding carboxylic acids is 1. The molecule has 9 heteroatoms. The average molecular weight is 439 g/mol. The Hall–Kier alpha value is -3.67. The number of rotatable bonds is 4. The molecule has 0 radical (unpaired) electrons. The lowest BCUT2D eigenvalue weighted by Gasteiger charge is -2.33. The van der Waals surface area contributed by atoms with Gasteiger partial charge in [0.2, 0.25) is 0 Å². The number of para-hydroxylation sites is 1. The number of hydrogen-bond acceptors (Lipinski definition) is 5. The molecule has 1 amide bonds. The molecule has 1 aromatic carbocycles. The van der Waals surface area contributed by atoms with Gasteiger partial charge in [-0.25, -0.2) is 9.88 Å². The lowest BCUT2D eigenvalue weighted by atomic mass is 9.89. The lowest BCUT2D eigenvalue weighted by molar-refractivity contribution is -0.140. The predicted octanol–water partition coefficient (Wildman–Crippen LogP) is 5.00. The summed E-state index contributed by atoms with van der Waals surface area (Å²) in [5.74, 6) is -0.374. The van der Waals surface area contributed by atoms with Crippen LogP contribution in [0.5, 0.6) is 0 Å². The first-order valence-corrected chi connectivity index (χ1v) is 10.2. The van der Waals surface area contributed by atoms with Crippen molar-refractivity contribution in [3.63, 3.8) is 0 Å². The summed E-state index contributed by atoms with van der Waals surface area (Å²) in [6.07, 6.45) is 2.81. The molecular weight excluding hydrogens is 419 g/mol. The average Bonchev–Trinajstić information content (AvgIpc) is 2.80. The van der Waals surface area contributed by atoms with E-state index in [0.717, 1.165) is 6.07 Å². The summed E-state index contributed by atoms with van der Waals surface area (Å²) < 4.78 is 39.9. The number of hydrogen-bond donors (Lipinski definition) is 1. The van der Waals surface area contributed by atoms with Crippen molar-refractivity contribution in [2.75, 3.05) is 5.32 Å². The van der Waals surface area contributed by atoms with Gasteiger partial charge in [-0.15, -0.1) is 0 Å². The van der Waals surface area contributed by atoms with Gasteiger partial charge < -0.3 is 5.32 Å². The van der Waals surface area contributed by atoms with Crippen molar-refractivity contribution in [2.45, 2.75) is 43.9 Å². The minimum atomic E-state index is -4.54. The van der Waals surface area contributed by atoms with E-state index in [-0.39, 0.29) is 23.5 Å². The third kappa shape index (κ3) is 4.49. The Morgan fingerprint density at radius 2 is 1.78 bits per heavy atom. The number of alkyl halides is 3. The summed E-state index contributed by atoms with van der Waals surface area (Å²) in [7, 11) is 0. The molecule has 0 unspecified atom stereocenters. The van der Waals surface area contributed by atoms with Gasteiger partial charge >= 0.3 is 6.18 Å². The molecule has 1 aliphatic carbocycles. The molecular formula is C23H20F3N5O. The van der Waals surface area contributed by atoms with E-state index < -0.39 is 11.9 Å². The molecule has 3 aromatic rings. The number of nitrogens with one attached hydrogen (secondary N) is 1. The zero-order valence-corrected chi connectivity index (χ0v) is 17.0. The highest BCUT2D eigenvalue weighted by Gasteiger charge is 2.34. The highest BCUT2D eigenvalue weighted by Crippen LogP contribution is 2.34. The quantitative estimate of drug-likeness (QED) is 0.457. The second kappa shape index (κ2) is 8.83. The smallest absolute Gasteiger partial charge is 0.382 e. The Morgan fingerprint density at radius 1 is 1.09 bits per heavy atom. The number of carbonyl (C=O) groups is 1. The largest absolute Gasteiger partial charge is 0.433 e. The number of nitrogens with zero attached hydrogens (tertiary/aromatic N) is 4. The van der Waals surface area contributed by atoms with E-state index in [1.165, 1.54) is 17.3 Å². The normalized spacial score (nSPS) is 18.7. The molecule has 0 bridgehead atoms. The topological polar surface area (TPSA) is 81.9 Å². The van der Waals surface area contributed by atoms with Crippen LogP contribution >= 0.6 is 0 Å². The second-order valence-electron chi connectivity index (χ2n) is 7.73. The molecule has 2 heterocycles. The van der Waals surface area contributed by atoms with Crippen LogP contribution in [-0.2, 0) is 6.18 Å². The summed E-state index contributed by atoms with van der Waals surface area (Å²) in [5.41, 5.74) is 0.115.